The standard InChI is InChI=1S/C22H26N4OS/c1-5-26-21(18-9-7-6-8-10-18)23-24-22(26)28-15-20(27)25(4)14-19-12-11-16(2)13-17(19)3/h6-13H,5,14-15H2,1-4H3. The molecule has 0 saturated carbocycles. The molecule has 0 spiro atoms. The fraction of sp³-hybridized carbons (Fsp3) is 0.318. The lowest BCUT2D eigenvalue weighted by Gasteiger charge is -2.18. The smallest absolute Gasteiger partial charge is 0.233 e. The van der Waals surface area contributed by atoms with Gasteiger partial charge in [0.1, 0.15) is 0 Å². The Bertz CT molecular complexity index is 952. The summed E-state index contributed by atoms with van der Waals surface area (Å²) in [5, 5.41) is 9.42. The lowest BCUT2D eigenvalue weighted by Crippen LogP contribution is -2.28. The molecule has 0 aliphatic rings. The average Bonchev–Trinajstić information content (AvgIpc) is 3.11. The first-order valence-electron chi connectivity index (χ1n) is 9.41. The molecule has 2 aromatic carbocycles. The van der Waals surface area contributed by atoms with E-state index in [0.29, 0.717) is 12.3 Å². The zero-order chi connectivity index (χ0) is 20.1. The molecule has 3 aromatic rings. The zero-order valence-corrected chi connectivity index (χ0v) is 17.7. The minimum Gasteiger partial charge on any atom is -0.341 e. The number of rotatable bonds is 7. The number of benzene rings is 2. The van der Waals surface area contributed by atoms with Crippen LogP contribution < -0.4 is 0 Å². The van der Waals surface area contributed by atoms with Crippen molar-refractivity contribution in [1.82, 2.24) is 19.7 Å². The number of carbonyl (C=O) groups is 1. The average molecular weight is 395 g/mol. The van der Waals surface area contributed by atoms with Gasteiger partial charge >= 0.3 is 0 Å². The maximum atomic E-state index is 12.6. The van der Waals surface area contributed by atoms with Crippen LogP contribution in [0.2, 0.25) is 0 Å². The lowest BCUT2D eigenvalue weighted by molar-refractivity contribution is -0.127. The molecule has 1 amide bonds. The maximum absolute atomic E-state index is 12.6. The quantitative estimate of drug-likeness (QED) is 0.560. The van der Waals surface area contributed by atoms with Crippen LogP contribution in [0.3, 0.4) is 0 Å². The Morgan fingerprint density at radius 1 is 1.11 bits per heavy atom. The van der Waals surface area contributed by atoms with Gasteiger partial charge in [0.25, 0.3) is 0 Å². The summed E-state index contributed by atoms with van der Waals surface area (Å²) < 4.78 is 2.05. The SMILES string of the molecule is CCn1c(SCC(=O)N(C)Cc2ccc(C)cc2C)nnc1-c1ccccc1. The lowest BCUT2D eigenvalue weighted by atomic mass is 10.1. The summed E-state index contributed by atoms with van der Waals surface area (Å²) in [6, 6.07) is 16.3. The topological polar surface area (TPSA) is 51.0 Å². The van der Waals surface area contributed by atoms with Gasteiger partial charge in [0, 0.05) is 25.7 Å². The normalized spacial score (nSPS) is 10.9. The van der Waals surface area contributed by atoms with Crippen molar-refractivity contribution < 1.29 is 4.79 Å². The second-order valence-electron chi connectivity index (χ2n) is 6.88. The molecule has 0 saturated heterocycles. The minimum atomic E-state index is 0.0805. The molecule has 0 N–H and O–H groups in total. The number of carbonyl (C=O) groups excluding carboxylic acids is 1. The second kappa shape index (κ2) is 9.06. The second-order valence-corrected chi connectivity index (χ2v) is 7.83. The molecule has 1 heterocycles. The van der Waals surface area contributed by atoms with Crippen LogP contribution in [0.5, 0.6) is 0 Å². The van der Waals surface area contributed by atoms with E-state index in [-0.39, 0.29) is 5.91 Å². The molecule has 3 rings (SSSR count). The summed E-state index contributed by atoms with van der Waals surface area (Å²) in [5.41, 5.74) is 4.65. The van der Waals surface area contributed by atoms with E-state index in [1.807, 2.05) is 37.4 Å². The zero-order valence-electron chi connectivity index (χ0n) is 16.8. The Labute approximate surface area is 170 Å². The summed E-state index contributed by atoms with van der Waals surface area (Å²) in [5.74, 6) is 1.26. The van der Waals surface area contributed by atoms with Gasteiger partial charge in [-0.25, -0.2) is 0 Å². The molecular formula is C22H26N4OS. The predicted molar refractivity (Wildman–Crippen MR) is 114 cm³/mol. The van der Waals surface area contributed by atoms with Crippen molar-refractivity contribution in [1.29, 1.82) is 0 Å². The highest BCUT2D eigenvalue weighted by molar-refractivity contribution is 7.99. The number of hydrogen-bond acceptors (Lipinski definition) is 4. The monoisotopic (exact) mass is 394 g/mol. The number of aromatic nitrogens is 3. The third-order valence-corrected chi connectivity index (χ3v) is 5.67. The Morgan fingerprint density at radius 2 is 1.86 bits per heavy atom. The van der Waals surface area contributed by atoms with Crippen LogP contribution in [0.4, 0.5) is 0 Å². The van der Waals surface area contributed by atoms with E-state index < -0.39 is 0 Å². The van der Waals surface area contributed by atoms with E-state index in [2.05, 4.69) is 53.7 Å². The van der Waals surface area contributed by atoms with Crippen LogP contribution in [0.1, 0.15) is 23.6 Å². The van der Waals surface area contributed by atoms with Crippen molar-refractivity contribution in [3.63, 3.8) is 0 Å². The predicted octanol–water partition coefficient (Wildman–Crippen LogP) is 4.33. The highest BCUT2D eigenvalue weighted by Crippen LogP contribution is 2.24. The summed E-state index contributed by atoms with van der Waals surface area (Å²) in [6.07, 6.45) is 0. The molecule has 5 nitrogen and oxygen atoms in total. The Hall–Kier alpha value is -2.60. The van der Waals surface area contributed by atoms with Crippen LogP contribution in [0.25, 0.3) is 11.4 Å². The first kappa shape index (κ1) is 20.1. The third kappa shape index (κ3) is 4.62. The Kier molecular flexibility index (Phi) is 6.52. The van der Waals surface area contributed by atoms with Gasteiger partial charge < -0.3 is 9.47 Å². The molecular weight excluding hydrogens is 368 g/mol. The molecule has 1 aromatic heterocycles. The Morgan fingerprint density at radius 3 is 2.54 bits per heavy atom. The molecule has 146 valence electrons. The fourth-order valence-corrected chi connectivity index (χ4v) is 4.03. The largest absolute Gasteiger partial charge is 0.341 e. The highest BCUT2D eigenvalue weighted by Gasteiger charge is 2.16. The van der Waals surface area contributed by atoms with Gasteiger partial charge in [-0.3, -0.25) is 4.79 Å². The summed E-state index contributed by atoms with van der Waals surface area (Å²) >= 11 is 1.44. The van der Waals surface area contributed by atoms with Gasteiger partial charge in [-0.2, -0.15) is 0 Å². The van der Waals surface area contributed by atoms with Crippen molar-refractivity contribution in [3.05, 3.63) is 65.2 Å². The van der Waals surface area contributed by atoms with Crippen molar-refractivity contribution >= 4 is 17.7 Å². The molecule has 0 aliphatic heterocycles. The van der Waals surface area contributed by atoms with E-state index in [9.17, 15) is 4.79 Å². The molecule has 0 atom stereocenters. The van der Waals surface area contributed by atoms with E-state index in [0.717, 1.165) is 23.1 Å². The van der Waals surface area contributed by atoms with Crippen molar-refractivity contribution in [3.8, 4) is 11.4 Å². The number of hydrogen-bond donors (Lipinski definition) is 0. The molecule has 0 fully saturated rings. The fourth-order valence-electron chi connectivity index (χ4n) is 3.08. The molecule has 6 heteroatoms. The van der Waals surface area contributed by atoms with Crippen LogP contribution in [-0.4, -0.2) is 38.4 Å². The van der Waals surface area contributed by atoms with E-state index >= 15 is 0 Å². The highest BCUT2D eigenvalue weighted by atomic mass is 32.2. The summed E-state index contributed by atoms with van der Waals surface area (Å²) in [4.78, 5) is 14.4. The van der Waals surface area contributed by atoms with E-state index in [1.54, 1.807) is 4.90 Å². The molecule has 0 aliphatic carbocycles. The first-order valence-corrected chi connectivity index (χ1v) is 10.4. The molecule has 0 unspecified atom stereocenters. The van der Waals surface area contributed by atoms with Gasteiger partial charge in [0.05, 0.1) is 5.75 Å². The third-order valence-electron chi connectivity index (χ3n) is 4.72. The van der Waals surface area contributed by atoms with Crippen molar-refractivity contribution in [2.24, 2.45) is 0 Å². The van der Waals surface area contributed by atoms with Gasteiger partial charge in [0.15, 0.2) is 11.0 Å². The van der Waals surface area contributed by atoms with Crippen LogP contribution >= 0.6 is 11.8 Å². The van der Waals surface area contributed by atoms with Gasteiger partial charge in [-0.05, 0) is 31.9 Å². The Balaban J connectivity index is 1.65. The summed E-state index contributed by atoms with van der Waals surface area (Å²) in [6.45, 7) is 7.60. The van der Waals surface area contributed by atoms with Crippen LogP contribution in [0.15, 0.2) is 53.7 Å². The number of amides is 1. The minimum absolute atomic E-state index is 0.0805. The van der Waals surface area contributed by atoms with E-state index in [4.69, 9.17) is 0 Å². The number of nitrogens with zero attached hydrogens (tertiary/aromatic N) is 4. The van der Waals surface area contributed by atoms with Gasteiger partial charge in [-0.15, -0.1) is 10.2 Å². The van der Waals surface area contributed by atoms with E-state index in [1.165, 1.54) is 28.5 Å². The number of thioether (sulfide) groups is 1. The molecule has 28 heavy (non-hydrogen) atoms. The van der Waals surface area contributed by atoms with Crippen molar-refractivity contribution in [2.45, 2.75) is 39.0 Å². The van der Waals surface area contributed by atoms with Crippen LogP contribution in [0, 0.1) is 13.8 Å². The maximum Gasteiger partial charge on any atom is 0.233 e. The van der Waals surface area contributed by atoms with Gasteiger partial charge in [0.2, 0.25) is 5.91 Å². The van der Waals surface area contributed by atoms with Gasteiger partial charge in [-0.1, -0.05) is 65.9 Å². The summed E-state index contributed by atoms with van der Waals surface area (Å²) in [7, 11) is 1.85. The molecule has 0 bridgehead atoms. The van der Waals surface area contributed by atoms with Crippen molar-refractivity contribution in [2.75, 3.05) is 12.8 Å². The number of aryl methyl sites for hydroxylation is 2. The first-order chi connectivity index (χ1) is 13.5. The molecule has 0 radical (unpaired) electrons. The van der Waals surface area contributed by atoms with Crippen LogP contribution in [-0.2, 0) is 17.9 Å².